The van der Waals surface area contributed by atoms with Crippen molar-refractivity contribution in [1.29, 1.82) is 0 Å². The fraction of sp³-hybridized carbons (Fsp3) is 0.769. The van der Waals surface area contributed by atoms with Crippen LogP contribution >= 0.6 is 0 Å². The molecule has 0 N–H and O–H groups in total. The maximum absolute atomic E-state index is 2.44. The van der Waals surface area contributed by atoms with Gasteiger partial charge in [-0.15, -0.1) is 0 Å². The van der Waals surface area contributed by atoms with Crippen molar-refractivity contribution in [3.8, 4) is 0 Å². The summed E-state index contributed by atoms with van der Waals surface area (Å²) in [5.74, 6) is 1.88. The Morgan fingerprint density at radius 2 is 1.38 bits per heavy atom. The first-order valence-corrected chi connectivity index (χ1v) is 11.8. The van der Waals surface area contributed by atoms with Gasteiger partial charge in [-0.1, -0.05) is 51.0 Å². The largest absolute Gasteiger partial charge is 0.0654 e. The number of fused-ring (bicyclic) bond motifs is 3. The van der Waals surface area contributed by atoms with E-state index >= 15 is 0 Å². The van der Waals surface area contributed by atoms with Crippen molar-refractivity contribution < 1.29 is 0 Å². The lowest BCUT2D eigenvalue weighted by molar-refractivity contribution is -0.0624. The van der Waals surface area contributed by atoms with E-state index in [0.29, 0.717) is 0 Å². The van der Waals surface area contributed by atoms with Gasteiger partial charge in [0.25, 0.3) is 0 Å². The van der Waals surface area contributed by atoms with Gasteiger partial charge in [0, 0.05) is 0 Å². The number of hydrogen-bond acceptors (Lipinski definition) is 0. The summed E-state index contributed by atoms with van der Waals surface area (Å²) in [6.07, 6.45) is 20.6. The minimum absolute atomic E-state index is 0.755. The highest BCUT2D eigenvalue weighted by molar-refractivity contribution is 5.26. The topological polar surface area (TPSA) is 0 Å². The molecule has 0 aliphatic heterocycles. The summed E-state index contributed by atoms with van der Waals surface area (Å²) in [5.41, 5.74) is 4.66. The zero-order valence-electron chi connectivity index (χ0n) is 17.4. The summed E-state index contributed by atoms with van der Waals surface area (Å²) < 4.78 is 0. The van der Waals surface area contributed by atoms with Crippen molar-refractivity contribution in [2.24, 2.45) is 16.7 Å². The maximum atomic E-state index is 2.44. The quantitative estimate of drug-likeness (QED) is 0.485. The van der Waals surface area contributed by atoms with Crippen molar-refractivity contribution >= 4 is 0 Å². The van der Waals surface area contributed by atoms with Crippen molar-refractivity contribution in [3.63, 3.8) is 0 Å². The van der Waals surface area contributed by atoms with E-state index in [9.17, 15) is 0 Å². The van der Waals surface area contributed by atoms with E-state index in [2.05, 4.69) is 38.1 Å². The highest BCUT2D eigenvalue weighted by Crippen LogP contribution is 2.63. The first-order valence-electron chi connectivity index (χ1n) is 11.8. The van der Waals surface area contributed by atoms with Crippen molar-refractivity contribution in [2.75, 3.05) is 0 Å². The van der Waals surface area contributed by atoms with Crippen molar-refractivity contribution in [1.82, 2.24) is 0 Å². The van der Waals surface area contributed by atoms with Crippen LogP contribution in [0, 0.1) is 16.7 Å². The molecule has 2 bridgehead atoms. The van der Waals surface area contributed by atoms with Gasteiger partial charge in [-0.3, -0.25) is 0 Å². The van der Waals surface area contributed by atoms with Gasteiger partial charge < -0.3 is 0 Å². The van der Waals surface area contributed by atoms with Crippen LogP contribution in [0.25, 0.3) is 0 Å². The summed E-state index contributed by atoms with van der Waals surface area (Å²) in [5, 5.41) is 0. The van der Waals surface area contributed by atoms with Crippen LogP contribution in [0.5, 0.6) is 0 Å². The lowest BCUT2D eigenvalue weighted by atomic mass is 9.47. The highest BCUT2D eigenvalue weighted by atomic mass is 14.6. The van der Waals surface area contributed by atoms with Gasteiger partial charge in [0.15, 0.2) is 0 Å². The standard InChI is InChI=1S/C26H40/c1-3-5-21-6-8-22(9-7-21)23-10-12-24(13-11-23)26-18-15-25(14-4-2,16-19-26)17-20-26/h6-9,23-24H,3-5,10-20H2,1-2H3/t23-,24-,25?,26?. The molecule has 144 valence electrons. The van der Waals surface area contributed by atoms with Crippen LogP contribution in [-0.2, 0) is 6.42 Å². The van der Waals surface area contributed by atoms with Gasteiger partial charge in [-0.2, -0.15) is 0 Å². The van der Waals surface area contributed by atoms with E-state index in [-0.39, 0.29) is 0 Å². The van der Waals surface area contributed by atoms with Crippen molar-refractivity contribution in [2.45, 2.75) is 110 Å². The van der Waals surface area contributed by atoms with Crippen LogP contribution < -0.4 is 0 Å². The molecule has 0 saturated heterocycles. The molecule has 0 amide bonds. The Balaban J connectivity index is 1.34. The SMILES string of the molecule is CCCc1ccc([C@H]2CC[C@H](C34CCC(CCC)(CC3)CC4)CC2)cc1. The molecule has 0 spiro atoms. The first-order chi connectivity index (χ1) is 12.7. The summed E-state index contributed by atoms with van der Waals surface area (Å²) >= 11 is 0. The van der Waals surface area contributed by atoms with Gasteiger partial charge in [0.1, 0.15) is 0 Å². The molecular formula is C26H40. The highest BCUT2D eigenvalue weighted by Gasteiger charge is 2.51. The summed E-state index contributed by atoms with van der Waals surface area (Å²) in [7, 11) is 0. The second-order valence-electron chi connectivity index (χ2n) is 10.2. The molecule has 4 aliphatic carbocycles. The van der Waals surface area contributed by atoms with Crippen LogP contribution in [0.2, 0.25) is 0 Å². The molecular weight excluding hydrogens is 312 g/mol. The van der Waals surface area contributed by atoms with Gasteiger partial charge in [-0.25, -0.2) is 0 Å². The van der Waals surface area contributed by atoms with Crippen LogP contribution in [-0.4, -0.2) is 0 Å². The Hall–Kier alpha value is -0.780. The molecule has 4 fully saturated rings. The number of rotatable bonds is 6. The predicted octanol–water partition coefficient (Wildman–Crippen LogP) is 8.05. The summed E-state index contributed by atoms with van der Waals surface area (Å²) in [6.45, 7) is 4.67. The molecule has 1 aromatic carbocycles. The van der Waals surface area contributed by atoms with E-state index in [1.807, 2.05) is 0 Å². The molecule has 0 atom stereocenters. The molecule has 0 heteroatoms. The molecule has 5 rings (SSSR count). The molecule has 1 aromatic rings. The Labute approximate surface area is 162 Å². The Morgan fingerprint density at radius 1 is 0.769 bits per heavy atom. The first kappa shape index (κ1) is 18.6. The van der Waals surface area contributed by atoms with E-state index in [1.54, 1.807) is 44.1 Å². The Kier molecular flexibility index (Phi) is 5.49. The molecule has 0 heterocycles. The summed E-state index contributed by atoms with van der Waals surface area (Å²) in [6, 6.07) is 9.65. The third-order valence-corrected chi connectivity index (χ3v) is 8.82. The normalized spacial score (nSPS) is 37.0. The second-order valence-corrected chi connectivity index (χ2v) is 10.2. The number of aryl methyl sites for hydroxylation is 1. The molecule has 26 heavy (non-hydrogen) atoms. The van der Waals surface area contributed by atoms with Crippen LogP contribution in [0.15, 0.2) is 24.3 Å². The van der Waals surface area contributed by atoms with E-state index in [1.165, 1.54) is 56.9 Å². The lowest BCUT2D eigenvalue weighted by Crippen LogP contribution is -2.46. The lowest BCUT2D eigenvalue weighted by Gasteiger charge is -2.58. The average Bonchev–Trinajstić information content (AvgIpc) is 2.71. The minimum atomic E-state index is 0.755. The third kappa shape index (κ3) is 3.50. The Morgan fingerprint density at radius 3 is 1.92 bits per heavy atom. The molecule has 4 aliphatic rings. The third-order valence-electron chi connectivity index (χ3n) is 8.82. The van der Waals surface area contributed by atoms with Gasteiger partial charge in [0.2, 0.25) is 0 Å². The minimum Gasteiger partial charge on any atom is -0.0654 e. The summed E-state index contributed by atoms with van der Waals surface area (Å²) in [4.78, 5) is 0. The van der Waals surface area contributed by atoms with Crippen LogP contribution in [0.1, 0.15) is 114 Å². The average molecular weight is 353 g/mol. The molecule has 0 radical (unpaired) electrons. The second kappa shape index (κ2) is 7.69. The van der Waals surface area contributed by atoms with Gasteiger partial charge in [0.05, 0.1) is 0 Å². The molecule has 4 saturated carbocycles. The van der Waals surface area contributed by atoms with Crippen LogP contribution in [0.3, 0.4) is 0 Å². The molecule has 0 nitrogen and oxygen atoms in total. The van der Waals surface area contributed by atoms with Gasteiger partial charge >= 0.3 is 0 Å². The maximum Gasteiger partial charge on any atom is -0.0162 e. The van der Waals surface area contributed by atoms with E-state index in [4.69, 9.17) is 0 Å². The smallest absolute Gasteiger partial charge is 0.0162 e. The number of hydrogen-bond donors (Lipinski definition) is 0. The fourth-order valence-electron chi connectivity index (χ4n) is 7.09. The van der Waals surface area contributed by atoms with Gasteiger partial charge in [-0.05, 0) is 111 Å². The monoisotopic (exact) mass is 352 g/mol. The number of benzene rings is 1. The Bertz CT molecular complexity index is 548. The zero-order valence-corrected chi connectivity index (χ0v) is 17.4. The molecule has 0 unspecified atom stereocenters. The van der Waals surface area contributed by atoms with E-state index < -0.39 is 0 Å². The molecule has 0 aromatic heterocycles. The predicted molar refractivity (Wildman–Crippen MR) is 113 cm³/mol. The fourth-order valence-corrected chi connectivity index (χ4v) is 7.09. The van der Waals surface area contributed by atoms with Crippen LogP contribution in [0.4, 0.5) is 0 Å². The zero-order chi connectivity index (χ0) is 18.0. The van der Waals surface area contributed by atoms with Crippen molar-refractivity contribution in [3.05, 3.63) is 35.4 Å². The van der Waals surface area contributed by atoms with E-state index in [0.717, 1.165) is 22.7 Å².